The number of likely N-dealkylation sites (N-methyl/N-ethyl adjacent to an activating group) is 2. The second-order valence-corrected chi connectivity index (χ2v) is 7.75. The predicted octanol–water partition coefficient (Wildman–Crippen LogP) is 2.03. The van der Waals surface area contributed by atoms with E-state index in [4.69, 9.17) is 11.6 Å². The molecule has 2 N–H and O–H groups in total. The number of para-hydroxylation sites is 1. The first kappa shape index (κ1) is 20.3. The van der Waals surface area contributed by atoms with E-state index >= 15 is 0 Å². The van der Waals surface area contributed by atoms with E-state index < -0.39 is 0 Å². The number of amides is 2. The van der Waals surface area contributed by atoms with Gasteiger partial charge in [0.05, 0.1) is 12.7 Å². The van der Waals surface area contributed by atoms with Crippen molar-refractivity contribution in [2.75, 3.05) is 39.5 Å². The fourth-order valence-corrected chi connectivity index (χ4v) is 3.26. The smallest absolute Gasteiger partial charge is 0.279 e. The molecule has 0 saturated carbocycles. The summed E-state index contributed by atoms with van der Waals surface area (Å²) in [5.41, 5.74) is 0.754. The summed E-state index contributed by atoms with van der Waals surface area (Å²) in [4.78, 5) is 28.4. The van der Waals surface area contributed by atoms with Crippen molar-refractivity contribution in [2.45, 2.75) is 9.79 Å². The number of carbonyl (C=O) groups is 2. The van der Waals surface area contributed by atoms with Crippen LogP contribution in [0.4, 0.5) is 5.69 Å². The number of carbonyl (C=O) groups excluding carboxylic acids is 2. The standard InChI is InChI=1S/C19H22ClN3O2S/c1-22(2)19(25)13-23(3)12-18(24)21-16-6-4-5-7-17(16)26-15-10-8-14(20)9-11-15/h4-11H,12-13H2,1-3H3,(H,21,24)/p+1. The Morgan fingerprint density at radius 1 is 1.08 bits per heavy atom. The quantitative estimate of drug-likeness (QED) is 0.758. The van der Waals surface area contributed by atoms with Crippen LogP contribution in [0.1, 0.15) is 0 Å². The van der Waals surface area contributed by atoms with Crippen molar-refractivity contribution in [3.05, 3.63) is 53.6 Å². The Bertz CT molecular complexity index is 766. The summed E-state index contributed by atoms with van der Waals surface area (Å²) in [6, 6.07) is 15.2. The number of halogens is 1. The van der Waals surface area contributed by atoms with Gasteiger partial charge in [-0.15, -0.1) is 0 Å². The molecule has 0 fully saturated rings. The molecule has 7 heteroatoms. The molecule has 0 aliphatic rings. The minimum absolute atomic E-state index is 0.00556. The molecule has 0 radical (unpaired) electrons. The number of nitrogens with one attached hydrogen (secondary N) is 2. The second-order valence-electron chi connectivity index (χ2n) is 6.20. The summed E-state index contributed by atoms with van der Waals surface area (Å²) in [6.07, 6.45) is 0. The van der Waals surface area contributed by atoms with E-state index in [0.29, 0.717) is 5.02 Å². The highest BCUT2D eigenvalue weighted by molar-refractivity contribution is 7.99. The van der Waals surface area contributed by atoms with Crippen LogP contribution in [-0.4, -0.2) is 50.9 Å². The molecule has 138 valence electrons. The molecular formula is C19H23ClN3O2S+. The molecule has 0 spiro atoms. The molecule has 2 aromatic rings. The van der Waals surface area contributed by atoms with Crippen LogP contribution in [0.25, 0.3) is 0 Å². The molecule has 1 unspecified atom stereocenters. The van der Waals surface area contributed by atoms with Crippen molar-refractivity contribution in [3.8, 4) is 0 Å². The average molecular weight is 393 g/mol. The highest BCUT2D eigenvalue weighted by Gasteiger charge is 2.16. The number of quaternary nitrogens is 1. The summed E-state index contributed by atoms with van der Waals surface area (Å²) in [7, 11) is 5.25. The van der Waals surface area contributed by atoms with E-state index in [1.807, 2.05) is 55.6 Å². The number of rotatable bonds is 7. The van der Waals surface area contributed by atoms with Crippen LogP contribution >= 0.6 is 23.4 Å². The zero-order valence-electron chi connectivity index (χ0n) is 15.1. The fraction of sp³-hybridized carbons (Fsp3) is 0.263. The minimum atomic E-state index is -0.127. The maximum absolute atomic E-state index is 12.3. The molecule has 0 heterocycles. The number of anilines is 1. The topological polar surface area (TPSA) is 53.9 Å². The van der Waals surface area contributed by atoms with Crippen molar-refractivity contribution in [2.24, 2.45) is 0 Å². The van der Waals surface area contributed by atoms with Gasteiger partial charge in [0.25, 0.3) is 11.8 Å². The van der Waals surface area contributed by atoms with Gasteiger partial charge < -0.3 is 15.1 Å². The van der Waals surface area contributed by atoms with Crippen LogP contribution in [0.2, 0.25) is 5.02 Å². The molecule has 5 nitrogen and oxygen atoms in total. The molecule has 2 aromatic carbocycles. The van der Waals surface area contributed by atoms with E-state index in [9.17, 15) is 9.59 Å². The molecule has 26 heavy (non-hydrogen) atoms. The Kier molecular flexibility index (Phi) is 7.50. The molecule has 1 atom stereocenters. The van der Waals surface area contributed by atoms with Gasteiger partial charge in [-0.25, -0.2) is 0 Å². The lowest BCUT2D eigenvalue weighted by molar-refractivity contribution is -0.862. The second kappa shape index (κ2) is 9.62. The average Bonchev–Trinajstić information content (AvgIpc) is 2.58. The van der Waals surface area contributed by atoms with Gasteiger partial charge in [-0.2, -0.15) is 0 Å². The predicted molar refractivity (Wildman–Crippen MR) is 106 cm³/mol. The van der Waals surface area contributed by atoms with Gasteiger partial charge in [0.1, 0.15) is 0 Å². The molecule has 0 saturated heterocycles. The minimum Gasteiger partial charge on any atom is -0.344 e. The number of nitrogens with zero attached hydrogens (tertiary/aromatic N) is 1. The Morgan fingerprint density at radius 3 is 2.38 bits per heavy atom. The highest BCUT2D eigenvalue weighted by Crippen LogP contribution is 2.33. The van der Waals surface area contributed by atoms with Gasteiger partial charge in [0.15, 0.2) is 13.1 Å². The summed E-state index contributed by atoms with van der Waals surface area (Å²) in [5.74, 6) is -0.132. The molecular weight excluding hydrogens is 370 g/mol. The Balaban J connectivity index is 1.99. The molecule has 0 aliphatic heterocycles. The summed E-state index contributed by atoms with van der Waals surface area (Å²) < 4.78 is 0. The zero-order valence-corrected chi connectivity index (χ0v) is 16.7. The Hall–Kier alpha value is -2.02. The van der Waals surface area contributed by atoms with Gasteiger partial charge in [-0.3, -0.25) is 9.59 Å². The van der Waals surface area contributed by atoms with Crippen molar-refractivity contribution < 1.29 is 14.5 Å². The van der Waals surface area contributed by atoms with Gasteiger partial charge in [0, 0.05) is 28.9 Å². The Labute approximate surface area is 163 Å². The first-order valence-corrected chi connectivity index (χ1v) is 9.38. The summed E-state index contributed by atoms with van der Waals surface area (Å²) in [5, 5.41) is 3.63. The fourth-order valence-electron chi connectivity index (χ4n) is 2.24. The lowest BCUT2D eigenvalue weighted by Gasteiger charge is -2.17. The maximum atomic E-state index is 12.3. The van der Waals surface area contributed by atoms with Gasteiger partial charge in [-0.1, -0.05) is 35.5 Å². The van der Waals surface area contributed by atoms with Crippen LogP contribution in [-0.2, 0) is 9.59 Å². The van der Waals surface area contributed by atoms with E-state index in [2.05, 4.69) is 5.32 Å². The maximum Gasteiger partial charge on any atom is 0.279 e. The molecule has 2 amide bonds. The highest BCUT2D eigenvalue weighted by atomic mass is 35.5. The molecule has 0 aliphatic carbocycles. The van der Waals surface area contributed by atoms with Crippen molar-refractivity contribution in [1.82, 2.24) is 4.90 Å². The Morgan fingerprint density at radius 2 is 1.73 bits per heavy atom. The van der Waals surface area contributed by atoms with Crippen LogP contribution in [0, 0.1) is 0 Å². The van der Waals surface area contributed by atoms with E-state index in [-0.39, 0.29) is 24.9 Å². The first-order chi connectivity index (χ1) is 12.3. The summed E-state index contributed by atoms with van der Waals surface area (Å²) in [6.45, 7) is 0.501. The number of hydrogen-bond acceptors (Lipinski definition) is 3. The third-order valence-corrected chi connectivity index (χ3v) is 4.95. The molecule has 2 rings (SSSR count). The van der Waals surface area contributed by atoms with Crippen LogP contribution in [0.3, 0.4) is 0 Å². The number of benzene rings is 2. The normalized spacial score (nSPS) is 11.7. The van der Waals surface area contributed by atoms with Gasteiger partial charge in [0.2, 0.25) is 0 Å². The van der Waals surface area contributed by atoms with E-state index in [0.717, 1.165) is 20.4 Å². The molecule has 0 bridgehead atoms. The van der Waals surface area contributed by atoms with Crippen molar-refractivity contribution in [1.29, 1.82) is 0 Å². The van der Waals surface area contributed by atoms with Crippen molar-refractivity contribution >= 4 is 40.9 Å². The lowest BCUT2D eigenvalue weighted by atomic mass is 10.3. The monoisotopic (exact) mass is 392 g/mol. The largest absolute Gasteiger partial charge is 0.344 e. The van der Waals surface area contributed by atoms with Crippen LogP contribution < -0.4 is 10.2 Å². The SMILES string of the molecule is CN(C)C(=O)C[NH+](C)CC(=O)Nc1ccccc1Sc1ccc(Cl)cc1. The van der Waals surface area contributed by atoms with Crippen LogP contribution in [0.15, 0.2) is 58.3 Å². The van der Waals surface area contributed by atoms with Gasteiger partial charge in [-0.05, 0) is 36.4 Å². The van der Waals surface area contributed by atoms with Crippen LogP contribution in [0.5, 0.6) is 0 Å². The van der Waals surface area contributed by atoms with E-state index in [1.54, 1.807) is 25.9 Å². The molecule has 0 aromatic heterocycles. The number of hydrogen-bond donors (Lipinski definition) is 2. The third kappa shape index (κ3) is 6.37. The zero-order chi connectivity index (χ0) is 19.1. The summed E-state index contributed by atoms with van der Waals surface area (Å²) >= 11 is 7.48. The first-order valence-electron chi connectivity index (χ1n) is 8.19. The lowest BCUT2D eigenvalue weighted by Crippen LogP contribution is -3.11. The third-order valence-electron chi connectivity index (χ3n) is 3.62. The van der Waals surface area contributed by atoms with Crippen molar-refractivity contribution in [3.63, 3.8) is 0 Å². The van der Waals surface area contributed by atoms with Gasteiger partial charge >= 0.3 is 0 Å². The van der Waals surface area contributed by atoms with E-state index in [1.165, 1.54) is 4.90 Å².